The lowest BCUT2D eigenvalue weighted by molar-refractivity contribution is 0.117. The van der Waals surface area contributed by atoms with Crippen molar-refractivity contribution in [3.63, 3.8) is 0 Å². The number of rotatable bonds is 1. The van der Waals surface area contributed by atoms with Gasteiger partial charge in [0, 0.05) is 25.4 Å². The second-order valence-electron chi connectivity index (χ2n) is 4.47. The zero-order valence-electron chi connectivity index (χ0n) is 9.43. The molecule has 1 fully saturated rings. The van der Waals surface area contributed by atoms with Crippen LogP contribution in [0.4, 0.5) is 4.79 Å². The molecule has 0 radical (unpaired) electrons. The summed E-state index contributed by atoms with van der Waals surface area (Å²) in [7, 11) is 0. The molecule has 88 valence electrons. The number of likely N-dealkylation sites (tertiary alicyclic amines) is 1. The highest BCUT2D eigenvalue weighted by Gasteiger charge is 2.36. The lowest BCUT2D eigenvalue weighted by Gasteiger charge is -2.35. The van der Waals surface area contributed by atoms with Crippen LogP contribution in [0.3, 0.4) is 0 Å². The van der Waals surface area contributed by atoms with Crippen LogP contribution in [0.2, 0.25) is 0 Å². The van der Waals surface area contributed by atoms with Crippen molar-refractivity contribution in [1.82, 2.24) is 15.0 Å². The third kappa shape index (κ3) is 1.87. The van der Waals surface area contributed by atoms with Crippen molar-refractivity contribution in [3.05, 3.63) is 11.7 Å². The second-order valence-corrected chi connectivity index (χ2v) is 4.47. The average Bonchev–Trinajstić information content (AvgIpc) is 2.66. The Hall–Kier alpha value is -1.59. The third-order valence-corrected chi connectivity index (χ3v) is 3.20. The van der Waals surface area contributed by atoms with E-state index in [1.807, 2.05) is 0 Å². The van der Waals surface area contributed by atoms with Gasteiger partial charge in [-0.1, -0.05) is 12.1 Å². The molecular weight excluding hydrogens is 210 g/mol. The van der Waals surface area contributed by atoms with Crippen molar-refractivity contribution < 1.29 is 14.4 Å². The Balaban J connectivity index is 2.09. The van der Waals surface area contributed by atoms with Gasteiger partial charge in [0.25, 0.3) is 0 Å². The number of carboxylic acid groups (broad SMARTS) is 1. The van der Waals surface area contributed by atoms with Gasteiger partial charge in [-0.2, -0.15) is 4.98 Å². The summed E-state index contributed by atoms with van der Waals surface area (Å²) in [5, 5.41) is 12.8. The van der Waals surface area contributed by atoms with E-state index in [9.17, 15) is 4.79 Å². The predicted molar refractivity (Wildman–Crippen MR) is 55.2 cm³/mol. The van der Waals surface area contributed by atoms with Crippen LogP contribution in [0.1, 0.15) is 31.5 Å². The standard InChI is InChI=1S/C10H15N3O3/c1-7-11-8(12-16-7)10(2)3-5-13(6-4-10)9(14)15/h3-6H2,1-2H3,(H,14,15). The molecule has 2 rings (SSSR count). The van der Waals surface area contributed by atoms with E-state index in [4.69, 9.17) is 9.63 Å². The Morgan fingerprint density at radius 2 is 2.12 bits per heavy atom. The maximum absolute atomic E-state index is 10.8. The number of aromatic nitrogens is 2. The Morgan fingerprint density at radius 3 is 2.56 bits per heavy atom. The third-order valence-electron chi connectivity index (χ3n) is 3.20. The fourth-order valence-corrected chi connectivity index (χ4v) is 1.96. The lowest BCUT2D eigenvalue weighted by atomic mass is 9.80. The molecule has 0 aliphatic carbocycles. The highest BCUT2D eigenvalue weighted by Crippen LogP contribution is 2.32. The summed E-state index contributed by atoms with van der Waals surface area (Å²) in [6, 6.07) is 0. The summed E-state index contributed by atoms with van der Waals surface area (Å²) in [4.78, 5) is 16.4. The fourth-order valence-electron chi connectivity index (χ4n) is 1.96. The fraction of sp³-hybridized carbons (Fsp3) is 0.700. The molecule has 6 heteroatoms. The first-order valence-electron chi connectivity index (χ1n) is 5.30. The van der Waals surface area contributed by atoms with Gasteiger partial charge in [-0.15, -0.1) is 0 Å². The van der Waals surface area contributed by atoms with Crippen molar-refractivity contribution in [2.75, 3.05) is 13.1 Å². The van der Waals surface area contributed by atoms with Crippen LogP contribution in [-0.4, -0.2) is 39.3 Å². The van der Waals surface area contributed by atoms with Crippen molar-refractivity contribution in [1.29, 1.82) is 0 Å². The quantitative estimate of drug-likeness (QED) is 0.781. The van der Waals surface area contributed by atoms with Crippen LogP contribution in [0.5, 0.6) is 0 Å². The zero-order chi connectivity index (χ0) is 11.8. The Labute approximate surface area is 93.2 Å². The average molecular weight is 225 g/mol. The van der Waals surface area contributed by atoms with Gasteiger partial charge in [-0.3, -0.25) is 0 Å². The zero-order valence-corrected chi connectivity index (χ0v) is 9.43. The van der Waals surface area contributed by atoms with E-state index in [1.165, 1.54) is 4.90 Å². The molecule has 6 nitrogen and oxygen atoms in total. The minimum absolute atomic E-state index is 0.163. The van der Waals surface area contributed by atoms with E-state index < -0.39 is 6.09 Å². The number of nitrogens with zero attached hydrogens (tertiary/aromatic N) is 3. The molecule has 1 aliphatic rings. The topological polar surface area (TPSA) is 79.5 Å². The van der Waals surface area contributed by atoms with Crippen LogP contribution < -0.4 is 0 Å². The first kappa shape index (κ1) is 10.9. The SMILES string of the molecule is Cc1nc(C2(C)CCN(C(=O)O)CC2)no1. The van der Waals surface area contributed by atoms with Gasteiger partial charge < -0.3 is 14.5 Å². The monoisotopic (exact) mass is 225 g/mol. The van der Waals surface area contributed by atoms with Gasteiger partial charge >= 0.3 is 6.09 Å². The summed E-state index contributed by atoms with van der Waals surface area (Å²) < 4.78 is 4.97. The predicted octanol–water partition coefficient (Wildman–Crippen LogP) is 1.41. The number of carbonyl (C=O) groups is 1. The van der Waals surface area contributed by atoms with Gasteiger partial charge in [-0.05, 0) is 12.8 Å². The Bertz CT molecular complexity index is 394. The van der Waals surface area contributed by atoms with Crippen molar-refractivity contribution in [2.24, 2.45) is 0 Å². The minimum Gasteiger partial charge on any atom is -0.465 e. The molecule has 1 aromatic rings. The molecule has 1 amide bonds. The van der Waals surface area contributed by atoms with Gasteiger partial charge in [0.05, 0.1) is 0 Å². The number of hydrogen-bond acceptors (Lipinski definition) is 4. The van der Waals surface area contributed by atoms with Crippen LogP contribution in [0, 0.1) is 6.92 Å². The number of piperidine rings is 1. The highest BCUT2D eigenvalue weighted by atomic mass is 16.5. The van der Waals surface area contributed by atoms with Crippen LogP contribution in [0.15, 0.2) is 4.52 Å². The lowest BCUT2D eigenvalue weighted by Crippen LogP contribution is -2.43. The van der Waals surface area contributed by atoms with Gasteiger partial charge in [-0.25, -0.2) is 4.79 Å². The summed E-state index contributed by atoms with van der Waals surface area (Å²) in [6.07, 6.45) is 0.614. The van der Waals surface area contributed by atoms with E-state index in [2.05, 4.69) is 17.1 Å². The summed E-state index contributed by atoms with van der Waals surface area (Å²) in [6.45, 7) is 4.86. The van der Waals surface area contributed by atoms with Crippen LogP contribution in [0.25, 0.3) is 0 Å². The molecule has 0 saturated carbocycles. The normalized spacial score (nSPS) is 19.8. The smallest absolute Gasteiger partial charge is 0.407 e. The maximum Gasteiger partial charge on any atom is 0.407 e. The molecule has 0 aromatic carbocycles. The molecule has 16 heavy (non-hydrogen) atoms. The van der Waals surface area contributed by atoms with Gasteiger partial charge in [0.1, 0.15) is 0 Å². The maximum atomic E-state index is 10.8. The van der Waals surface area contributed by atoms with Crippen LogP contribution >= 0.6 is 0 Å². The Morgan fingerprint density at radius 1 is 1.50 bits per heavy atom. The molecular formula is C10H15N3O3. The Kier molecular flexibility index (Phi) is 2.57. The largest absolute Gasteiger partial charge is 0.465 e. The molecule has 1 N–H and O–H groups in total. The van der Waals surface area contributed by atoms with Crippen LogP contribution in [-0.2, 0) is 5.41 Å². The summed E-state index contributed by atoms with van der Waals surface area (Å²) >= 11 is 0. The molecule has 0 atom stereocenters. The molecule has 0 spiro atoms. The van der Waals surface area contributed by atoms with Crippen molar-refractivity contribution in [2.45, 2.75) is 32.1 Å². The van der Waals surface area contributed by atoms with Gasteiger partial charge in [0.2, 0.25) is 5.89 Å². The number of hydrogen-bond donors (Lipinski definition) is 1. The van der Waals surface area contributed by atoms with E-state index in [0.717, 1.165) is 12.8 Å². The molecule has 1 aliphatic heterocycles. The highest BCUT2D eigenvalue weighted by molar-refractivity contribution is 5.65. The summed E-state index contributed by atoms with van der Waals surface area (Å²) in [5.41, 5.74) is -0.163. The molecule has 2 heterocycles. The van der Waals surface area contributed by atoms with E-state index >= 15 is 0 Å². The first-order valence-corrected chi connectivity index (χ1v) is 5.30. The van der Waals surface area contributed by atoms with E-state index in [-0.39, 0.29) is 5.41 Å². The summed E-state index contributed by atoms with van der Waals surface area (Å²) in [5.74, 6) is 1.24. The molecule has 1 saturated heterocycles. The second kappa shape index (κ2) is 3.77. The minimum atomic E-state index is -0.855. The molecule has 0 bridgehead atoms. The number of amides is 1. The first-order chi connectivity index (χ1) is 7.51. The van der Waals surface area contributed by atoms with Crippen molar-refractivity contribution in [3.8, 4) is 0 Å². The van der Waals surface area contributed by atoms with E-state index in [0.29, 0.717) is 24.8 Å². The van der Waals surface area contributed by atoms with E-state index in [1.54, 1.807) is 6.92 Å². The molecule has 1 aromatic heterocycles. The van der Waals surface area contributed by atoms with Gasteiger partial charge in [0.15, 0.2) is 5.82 Å². The number of aryl methyl sites for hydroxylation is 1. The molecule has 0 unspecified atom stereocenters. The van der Waals surface area contributed by atoms with Crippen molar-refractivity contribution >= 4 is 6.09 Å².